The second-order valence-electron chi connectivity index (χ2n) is 4.33. The zero-order valence-corrected chi connectivity index (χ0v) is 9.79. The maximum Gasteiger partial charge on any atom is 0.239 e. The van der Waals surface area contributed by atoms with Crippen molar-refractivity contribution in [1.29, 1.82) is 0 Å². The van der Waals surface area contributed by atoms with Gasteiger partial charge < -0.3 is 16.4 Å². The molecule has 92 valence electrons. The fourth-order valence-electron chi connectivity index (χ4n) is 1.41. The number of nitrogens with one attached hydrogen (secondary N) is 2. The number of carbonyl (C=O) groups excluding carboxylic acids is 2. The maximum absolute atomic E-state index is 11.4. The minimum absolute atomic E-state index is 0.0797. The van der Waals surface area contributed by atoms with Gasteiger partial charge in [0, 0.05) is 12.5 Å². The second-order valence-corrected chi connectivity index (χ2v) is 4.33. The molecule has 0 saturated heterocycles. The molecule has 0 aromatic rings. The molecule has 1 aliphatic carbocycles. The van der Waals surface area contributed by atoms with Gasteiger partial charge in [0.15, 0.2) is 0 Å². The van der Waals surface area contributed by atoms with Gasteiger partial charge in [0.2, 0.25) is 11.8 Å². The van der Waals surface area contributed by atoms with E-state index in [9.17, 15) is 9.59 Å². The normalized spacial score (nSPS) is 16.6. The quantitative estimate of drug-likeness (QED) is 0.561. The Balaban J connectivity index is 2.10. The van der Waals surface area contributed by atoms with Gasteiger partial charge in [-0.15, -0.1) is 0 Å². The summed E-state index contributed by atoms with van der Waals surface area (Å²) in [5.74, 6) is 0.0198. The summed E-state index contributed by atoms with van der Waals surface area (Å²) in [5, 5.41) is 5.42. The molecule has 1 rings (SSSR count). The molecular weight excluding hydrogens is 206 g/mol. The highest BCUT2D eigenvalue weighted by Crippen LogP contribution is 2.18. The Morgan fingerprint density at radius 1 is 1.38 bits per heavy atom. The fraction of sp³-hybridized carbons (Fsp3) is 0.818. The van der Waals surface area contributed by atoms with E-state index in [-0.39, 0.29) is 24.3 Å². The van der Waals surface area contributed by atoms with Gasteiger partial charge >= 0.3 is 0 Å². The average Bonchev–Trinajstić information content (AvgIpc) is 3.07. The van der Waals surface area contributed by atoms with Crippen LogP contribution in [0.5, 0.6) is 0 Å². The lowest BCUT2D eigenvalue weighted by atomic mass is 10.0. The van der Waals surface area contributed by atoms with Crippen molar-refractivity contribution in [3.63, 3.8) is 0 Å². The number of hydrogen-bond donors (Lipinski definition) is 3. The zero-order chi connectivity index (χ0) is 12.0. The van der Waals surface area contributed by atoms with Crippen molar-refractivity contribution in [2.24, 2.45) is 11.7 Å². The molecule has 4 N–H and O–H groups in total. The summed E-state index contributed by atoms with van der Waals surface area (Å²) in [5.41, 5.74) is 5.50. The summed E-state index contributed by atoms with van der Waals surface area (Å²) >= 11 is 0. The van der Waals surface area contributed by atoms with E-state index in [0.717, 1.165) is 19.3 Å². The van der Waals surface area contributed by atoms with Crippen molar-refractivity contribution >= 4 is 11.8 Å². The standard InChI is InChI=1S/C11H21N3O2/c1-2-8(6-12)5-10(15)13-7-11(16)14-9-3-4-9/h8-9H,2-7,12H2,1H3,(H,13,15)(H,14,16). The van der Waals surface area contributed by atoms with Crippen molar-refractivity contribution in [2.45, 2.75) is 38.6 Å². The summed E-state index contributed by atoms with van der Waals surface area (Å²) in [6.45, 7) is 2.60. The largest absolute Gasteiger partial charge is 0.352 e. The Hall–Kier alpha value is -1.10. The molecule has 0 bridgehead atoms. The van der Waals surface area contributed by atoms with E-state index in [1.165, 1.54) is 0 Å². The van der Waals surface area contributed by atoms with E-state index in [1.807, 2.05) is 6.92 Å². The van der Waals surface area contributed by atoms with Crippen LogP contribution in [-0.4, -0.2) is 30.9 Å². The summed E-state index contributed by atoms with van der Waals surface area (Å²) < 4.78 is 0. The first-order chi connectivity index (χ1) is 7.65. The van der Waals surface area contributed by atoms with Crippen molar-refractivity contribution in [1.82, 2.24) is 10.6 Å². The molecule has 0 spiro atoms. The third kappa shape index (κ3) is 5.11. The van der Waals surface area contributed by atoms with Gasteiger partial charge in [-0.3, -0.25) is 9.59 Å². The van der Waals surface area contributed by atoms with Crippen LogP contribution in [-0.2, 0) is 9.59 Å². The fourth-order valence-corrected chi connectivity index (χ4v) is 1.41. The van der Waals surface area contributed by atoms with Crippen LogP contribution in [0, 0.1) is 5.92 Å². The SMILES string of the molecule is CCC(CN)CC(=O)NCC(=O)NC1CC1. The minimum Gasteiger partial charge on any atom is -0.352 e. The lowest BCUT2D eigenvalue weighted by Gasteiger charge is -2.11. The van der Waals surface area contributed by atoms with Crippen molar-refractivity contribution in [2.75, 3.05) is 13.1 Å². The van der Waals surface area contributed by atoms with Crippen LogP contribution in [0.3, 0.4) is 0 Å². The average molecular weight is 227 g/mol. The Morgan fingerprint density at radius 3 is 2.56 bits per heavy atom. The first-order valence-electron chi connectivity index (χ1n) is 5.91. The highest BCUT2D eigenvalue weighted by Gasteiger charge is 2.23. The minimum atomic E-state index is -0.100. The van der Waals surface area contributed by atoms with Gasteiger partial charge in [0.25, 0.3) is 0 Å². The molecule has 1 fully saturated rings. The van der Waals surface area contributed by atoms with Gasteiger partial charge in [-0.1, -0.05) is 13.3 Å². The van der Waals surface area contributed by atoms with Crippen LogP contribution >= 0.6 is 0 Å². The summed E-state index contributed by atoms with van der Waals surface area (Å²) in [6.07, 6.45) is 3.41. The van der Waals surface area contributed by atoms with Crippen LogP contribution in [0.4, 0.5) is 0 Å². The molecule has 0 aromatic heterocycles. The van der Waals surface area contributed by atoms with Crippen LogP contribution < -0.4 is 16.4 Å². The van der Waals surface area contributed by atoms with Crippen molar-refractivity contribution in [3.8, 4) is 0 Å². The number of amides is 2. The van der Waals surface area contributed by atoms with E-state index < -0.39 is 0 Å². The molecule has 0 aliphatic heterocycles. The molecule has 1 saturated carbocycles. The van der Waals surface area contributed by atoms with Crippen LogP contribution in [0.15, 0.2) is 0 Å². The van der Waals surface area contributed by atoms with Gasteiger partial charge in [0.1, 0.15) is 0 Å². The number of nitrogens with two attached hydrogens (primary N) is 1. The maximum atomic E-state index is 11.4. The molecule has 2 amide bonds. The van der Waals surface area contributed by atoms with Crippen LogP contribution in [0.2, 0.25) is 0 Å². The Kier molecular flexibility index (Phi) is 5.25. The topological polar surface area (TPSA) is 84.2 Å². The molecule has 5 heteroatoms. The molecular formula is C11H21N3O2. The van der Waals surface area contributed by atoms with Gasteiger partial charge in [0.05, 0.1) is 6.54 Å². The van der Waals surface area contributed by atoms with Crippen molar-refractivity contribution < 1.29 is 9.59 Å². The van der Waals surface area contributed by atoms with E-state index >= 15 is 0 Å². The third-order valence-corrected chi connectivity index (χ3v) is 2.77. The number of rotatable bonds is 7. The van der Waals surface area contributed by atoms with E-state index in [2.05, 4.69) is 10.6 Å². The highest BCUT2D eigenvalue weighted by molar-refractivity contribution is 5.85. The molecule has 0 radical (unpaired) electrons. The zero-order valence-electron chi connectivity index (χ0n) is 9.79. The summed E-state index contributed by atoms with van der Waals surface area (Å²) in [6, 6.07) is 0.344. The third-order valence-electron chi connectivity index (χ3n) is 2.77. The molecule has 1 unspecified atom stereocenters. The van der Waals surface area contributed by atoms with E-state index in [0.29, 0.717) is 19.0 Å². The highest BCUT2D eigenvalue weighted by atomic mass is 16.2. The smallest absolute Gasteiger partial charge is 0.239 e. The van der Waals surface area contributed by atoms with Gasteiger partial charge in [-0.2, -0.15) is 0 Å². The van der Waals surface area contributed by atoms with Crippen LogP contribution in [0.25, 0.3) is 0 Å². The molecule has 16 heavy (non-hydrogen) atoms. The monoisotopic (exact) mass is 227 g/mol. The Bertz CT molecular complexity index is 248. The first kappa shape index (κ1) is 13.0. The molecule has 0 aromatic carbocycles. The molecule has 1 atom stereocenters. The summed E-state index contributed by atoms with van der Waals surface area (Å²) in [7, 11) is 0. The van der Waals surface area contributed by atoms with Gasteiger partial charge in [-0.25, -0.2) is 0 Å². The van der Waals surface area contributed by atoms with E-state index in [4.69, 9.17) is 5.73 Å². The van der Waals surface area contributed by atoms with E-state index in [1.54, 1.807) is 0 Å². The number of hydrogen-bond acceptors (Lipinski definition) is 3. The lowest BCUT2D eigenvalue weighted by Crippen LogP contribution is -2.38. The predicted molar refractivity (Wildman–Crippen MR) is 61.6 cm³/mol. The second kappa shape index (κ2) is 6.48. The van der Waals surface area contributed by atoms with Crippen molar-refractivity contribution in [3.05, 3.63) is 0 Å². The Morgan fingerprint density at radius 2 is 2.06 bits per heavy atom. The molecule has 1 aliphatic rings. The molecule has 0 heterocycles. The summed E-state index contributed by atoms with van der Waals surface area (Å²) in [4.78, 5) is 22.7. The lowest BCUT2D eigenvalue weighted by molar-refractivity contribution is -0.126. The van der Waals surface area contributed by atoms with Gasteiger partial charge in [-0.05, 0) is 25.3 Å². The Labute approximate surface area is 96.1 Å². The first-order valence-corrected chi connectivity index (χ1v) is 5.91. The molecule has 5 nitrogen and oxygen atoms in total. The van der Waals surface area contributed by atoms with Crippen LogP contribution in [0.1, 0.15) is 32.6 Å². The number of carbonyl (C=O) groups is 2. The predicted octanol–water partition coefficient (Wildman–Crippen LogP) is -0.244.